The summed E-state index contributed by atoms with van der Waals surface area (Å²) >= 11 is 1.57. The van der Waals surface area contributed by atoms with Crippen molar-refractivity contribution in [2.45, 2.75) is 11.8 Å². The number of benzene rings is 1. The number of hydrogen-bond donors (Lipinski definition) is 1. The Morgan fingerprint density at radius 3 is 2.86 bits per heavy atom. The number of amides is 1. The second kappa shape index (κ2) is 5.53. The predicted molar refractivity (Wildman–Crippen MR) is 81.7 cm³/mol. The van der Waals surface area contributed by atoms with Crippen molar-refractivity contribution in [2.24, 2.45) is 0 Å². The van der Waals surface area contributed by atoms with E-state index < -0.39 is 0 Å². The molecule has 0 radical (unpaired) electrons. The molecule has 0 saturated carbocycles. The van der Waals surface area contributed by atoms with Crippen LogP contribution in [-0.2, 0) is 0 Å². The highest BCUT2D eigenvalue weighted by Crippen LogP contribution is 2.24. The van der Waals surface area contributed by atoms with Gasteiger partial charge >= 0.3 is 0 Å². The first kappa shape index (κ1) is 13.6. The van der Waals surface area contributed by atoms with E-state index in [1.807, 2.05) is 43.5 Å². The lowest BCUT2D eigenvalue weighted by molar-refractivity contribution is 0.101. The van der Waals surface area contributed by atoms with Gasteiger partial charge in [0.05, 0.1) is 5.69 Å². The van der Waals surface area contributed by atoms with Gasteiger partial charge in [0.25, 0.3) is 11.7 Å². The van der Waals surface area contributed by atoms with Gasteiger partial charge in [-0.25, -0.2) is 9.50 Å². The molecule has 0 aliphatic carbocycles. The minimum Gasteiger partial charge on any atom is -0.318 e. The molecule has 3 aromatic rings. The summed E-state index contributed by atoms with van der Waals surface area (Å²) in [6.07, 6.45) is 3.60. The SMILES string of the molecule is CSc1ccccc1NC(=O)c1nc2nccc(C)n2n1. The summed E-state index contributed by atoms with van der Waals surface area (Å²) in [5, 5.41) is 7.02. The van der Waals surface area contributed by atoms with Crippen molar-refractivity contribution in [3.8, 4) is 0 Å². The van der Waals surface area contributed by atoms with Crippen LogP contribution in [0.4, 0.5) is 5.69 Å². The van der Waals surface area contributed by atoms with Crippen molar-refractivity contribution in [1.29, 1.82) is 0 Å². The van der Waals surface area contributed by atoms with E-state index in [1.165, 1.54) is 0 Å². The molecule has 21 heavy (non-hydrogen) atoms. The van der Waals surface area contributed by atoms with Crippen LogP contribution >= 0.6 is 11.8 Å². The third-order valence-corrected chi connectivity index (χ3v) is 3.78. The van der Waals surface area contributed by atoms with E-state index in [0.29, 0.717) is 5.78 Å². The molecule has 2 heterocycles. The molecule has 106 valence electrons. The minimum absolute atomic E-state index is 0.104. The second-order valence-electron chi connectivity index (χ2n) is 4.39. The van der Waals surface area contributed by atoms with Crippen LogP contribution < -0.4 is 5.32 Å². The van der Waals surface area contributed by atoms with Crippen molar-refractivity contribution < 1.29 is 4.79 Å². The molecule has 2 aromatic heterocycles. The van der Waals surface area contributed by atoms with Gasteiger partial charge < -0.3 is 5.32 Å². The van der Waals surface area contributed by atoms with Crippen molar-refractivity contribution >= 4 is 29.1 Å². The number of nitrogens with one attached hydrogen (secondary N) is 1. The van der Waals surface area contributed by atoms with E-state index in [4.69, 9.17) is 0 Å². The molecule has 0 aliphatic rings. The van der Waals surface area contributed by atoms with Crippen LogP contribution in [0.2, 0.25) is 0 Å². The van der Waals surface area contributed by atoms with Gasteiger partial charge in [-0.2, -0.15) is 4.98 Å². The number of aromatic nitrogens is 4. The number of aryl methyl sites for hydroxylation is 1. The molecular formula is C14H13N5OS. The molecule has 0 fully saturated rings. The summed E-state index contributed by atoms with van der Waals surface area (Å²) in [7, 11) is 0. The summed E-state index contributed by atoms with van der Waals surface area (Å²) in [6, 6.07) is 9.41. The lowest BCUT2D eigenvalue weighted by Gasteiger charge is -2.06. The molecule has 1 aromatic carbocycles. The van der Waals surface area contributed by atoms with Gasteiger partial charge in [-0.15, -0.1) is 16.9 Å². The maximum atomic E-state index is 12.3. The monoisotopic (exact) mass is 299 g/mol. The standard InChI is InChI=1S/C14H13N5OS/c1-9-7-8-15-14-17-12(18-19(9)14)13(20)16-10-5-3-4-6-11(10)21-2/h3-8H,1-2H3,(H,16,20). The normalized spacial score (nSPS) is 10.8. The van der Waals surface area contributed by atoms with Crippen molar-refractivity contribution in [2.75, 3.05) is 11.6 Å². The Morgan fingerprint density at radius 2 is 2.10 bits per heavy atom. The van der Waals surface area contributed by atoms with Crippen LogP contribution in [0.25, 0.3) is 5.78 Å². The van der Waals surface area contributed by atoms with Gasteiger partial charge in [-0.3, -0.25) is 4.79 Å². The summed E-state index contributed by atoms with van der Waals surface area (Å²) in [4.78, 5) is 21.5. The number of fused-ring (bicyclic) bond motifs is 1. The number of carbonyl (C=O) groups excluding carboxylic acids is 1. The molecule has 0 unspecified atom stereocenters. The molecule has 0 saturated heterocycles. The number of rotatable bonds is 3. The zero-order chi connectivity index (χ0) is 14.8. The van der Waals surface area contributed by atoms with E-state index in [2.05, 4.69) is 20.4 Å². The van der Waals surface area contributed by atoms with Crippen molar-refractivity contribution in [1.82, 2.24) is 19.6 Å². The molecule has 0 spiro atoms. The quantitative estimate of drug-likeness (QED) is 0.752. The molecule has 0 atom stereocenters. The van der Waals surface area contributed by atoms with Gasteiger partial charge in [-0.05, 0) is 31.4 Å². The number of nitrogens with zero attached hydrogens (tertiary/aromatic N) is 4. The Balaban J connectivity index is 1.92. The summed E-state index contributed by atoms with van der Waals surface area (Å²) < 4.78 is 1.55. The minimum atomic E-state index is -0.346. The van der Waals surface area contributed by atoms with Gasteiger partial charge in [0, 0.05) is 16.8 Å². The summed E-state index contributed by atoms with van der Waals surface area (Å²) in [5.41, 5.74) is 1.62. The van der Waals surface area contributed by atoms with Gasteiger partial charge in [0.2, 0.25) is 5.82 Å². The van der Waals surface area contributed by atoms with Gasteiger partial charge in [0.1, 0.15) is 0 Å². The topological polar surface area (TPSA) is 72.2 Å². The molecule has 0 aliphatic heterocycles. The maximum Gasteiger partial charge on any atom is 0.295 e. The Hall–Kier alpha value is -2.41. The largest absolute Gasteiger partial charge is 0.318 e. The van der Waals surface area contributed by atoms with Crippen LogP contribution in [0.5, 0.6) is 0 Å². The number of hydrogen-bond acceptors (Lipinski definition) is 5. The second-order valence-corrected chi connectivity index (χ2v) is 5.24. The smallest absolute Gasteiger partial charge is 0.295 e. The van der Waals surface area contributed by atoms with Crippen LogP contribution in [0.1, 0.15) is 16.3 Å². The fourth-order valence-electron chi connectivity index (χ4n) is 1.93. The molecule has 0 bridgehead atoms. The zero-order valence-corrected chi connectivity index (χ0v) is 12.4. The molecular weight excluding hydrogens is 286 g/mol. The Morgan fingerprint density at radius 1 is 1.29 bits per heavy atom. The first-order chi connectivity index (χ1) is 10.2. The van der Waals surface area contributed by atoms with E-state index in [1.54, 1.807) is 22.5 Å². The lowest BCUT2D eigenvalue weighted by Crippen LogP contribution is -2.14. The fraction of sp³-hybridized carbons (Fsp3) is 0.143. The van der Waals surface area contributed by atoms with E-state index in [9.17, 15) is 4.79 Å². The average Bonchev–Trinajstić information content (AvgIpc) is 2.93. The predicted octanol–water partition coefficient (Wildman–Crippen LogP) is 2.41. The third-order valence-electron chi connectivity index (χ3n) is 2.99. The first-order valence-corrected chi connectivity index (χ1v) is 7.54. The van der Waals surface area contributed by atoms with E-state index in [0.717, 1.165) is 16.3 Å². The first-order valence-electron chi connectivity index (χ1n) is 6.32. The third kappa shape index (κ3) is 2.59. The fourth-order valence-corrected chi connectivity index (χ4v) is 2.48. The molecule has 1 N–H and O–H groups in total. The highest BCUT2D eigenvalue weighted by Gasteiger charge is 2.15. The Kier molecular flexibility index (Phi) is 3.57. The lowest BCUT2D eigenvalue weighted by atomic mass is 10.3. The van der Waals surface area contributed by atoms with E-state index in [-0.39, 0.29) is 11.7 Å². The Labute approximate surface area is 125 Å². The van der Waals surface area contributed by atoms with Crippen LogP contribution in [0.15, 0.2) is 41.4 Å². The number of thioether (sulfide) groups is 1. The van der Waals surface area contributed by atoms with Crippen molar-refractivity contribution in [3.05, 3.63) is 48.0 Å². The summed E-state index contributed by atoms with van der Waals surface area (Å²) in [5.74, 6) is 0.174. The zero-order valence-electron chi connectivity index (χ0n) is 11.6. The van der Waals surface area contributed by atoms with Crippen LogP contribution in [0.3, 0.4) is 0 Å². The highest BCUT2D eigenvalue weighted by molar-refractivity contribution is 7.98. The van der Waals surface area contributed by atoms with Crippen molar-refractivity contribution in [3.63, 3.8) is 0 Å². The summed E-state index contributed by atoms with van der Waals surface area (Å²) in [6.45, 7) is 1.88. The highest BCUT2D eigenvalue weighted by atomic mass is 32.2. The number of para-hydroxylation sites is 1. The van der Waals surface area contributed by atoms with E-state index >= 15 is 0 Å². The van der Waals surface area contributed by atoms with Crippen LogP contribution in [-0.4, -0.2) is 31.7 Å². The maximum absolute atomic E-state index is 12.3. The molecule has 1 amide bonds. The van der Waals surface area contributed by atoms with Crippen LogP contribution in [0, 0.1) is 6.92 Å². The van der Waals surface area contributed by atoms with Gasteiger partial charge in [0.15, 0.2) is 0 Å². The average molecular weight is 299 g/mol. The molecule has 3 rings (SSSR count). The van der Waals surface area contributed by atoms with Gasteiger partial charge in [-0.1, -0.05) is 12.1 Å². The number of carbonyl (C=O) groups is 1. The molecule has 6 nitrogen and oxygen atoms in total. The Bertz CT molecular complexity index is 814. The molecule has 7 heteroatoms. The number of anilines is 1.